The fourth-order valence-electron chi connectivity index (χ4n) is 3.71. The molecule has 1 fully saturated rings. The Kier molecular flexibility index (Phi) is 7.15. The minimum absolute atomic E-state index is 0.0259. The van der Waals surface area contributed by atoms with E-state index in [9.17, 15) is 23.3 Å². The van der Waals surface area contributed by atoms with Crippen molar-refractivity contribution in [1.82, 2.24) is 4.31 Å². The molecule has 32 heavy (non-hydrogen) atoms. The number of carbonyl (C=O) groups excluding carboxylic acids is 1. The number of ether oxygens (including phenoxy) is 1. The van der Waals surface area contributed by atoms with Crippen LogP contribution in [0.1, 0.15) is 38.2 Å². The summed E-state index contributed by atoms with van der Waals surface area (Å²) >= 11 is 0. The van der Waals surface area contributed by atoms with Crippen LogP contribution in [-0.2, 0) is 14.8 Å². The Morgan fingerprint density at radius 1 is 1.25 bits per heavy atom. The molecule has 1 aliphatic heterocycles. The van der Waals surface area contributed by atoms with Crippen molar-refractivity contribution in [2.24, 2.45) is 5.92 Å². The lowest BCUT2D eigenvalue weighted by atomic mass is 9.98. The molecule has 0 spiro atoms. The summed E-state index contributed by atoms with van der Waals surface area (Å²) < 4.78 is 33.5. The van der Waals surface area contributed by atoms with E-state index >= 15 is 0 Å². The quantitative estimate of drug-likeness (QED) is 0.495. The second kappa shape index (κ2) is 9.66. The highest BCUT2D eigenvalue weighted by molar-refractivity contribution is 7.89. The molecule has 0 saturated carbocycles. The van der Waals surface area contributed by atoms with Gasteiger partial charge in [-0.15, -0.1) is 0 Å². The predicted octanol–water partition coefficient (Wildman–Crippen LogP) is 3.77. The third-order valence-electron chi connectivity index (χ3n) is 5.55. The van der Waals surface area contributed by atoms with Gasteiger partial charge in [0.05, 0.1) is 18.0 Å². The van der Waals surface area contributed by atoms with E-state index in [0.717, 1.165) is 5.56 Å². The second-order valence-corrected chi connectivity index (χ2v) is 9.97. The van der Waals surface area contributed by atoms with Gasteiger partial charge in [-0.2, -0.15) is 4.31 Å². The number of nitrogens with zero attached hydrogens (tertiary/aromatic N) is 2. The molecule has 2 aromatic carbocycles. The Morgan fingerprint density at radius 3 is 2.66 bits per heavy atom. The Bertz CT molecular complexity index is 1120. The van der Waals surface area contributed by atoms with E-state index < -0.39 is 20.9 Å². The van der Waals surface area contributed by atoms with Crippen molar-refractivity contribution in [3.05, 3.63) is 58.1 Å². The van der Waals surface area contributed by atoms with Crippen LogP contribution < -0.4 is 10.1 Å². The fraction of sp³-hybridized carbons (Fsp3) is 0.409. The first-order chi connectivity index (χ1) is 15.1. The Morgan fingerprint density at radius 2 is 2.00 bits per heavy atom. The highest BCUT2D eigenvalue weighted by Gasteiger charge is 2.35. The first kappa shape index (κ1) is 23.7. The van der Waals surface area contributed by atoms with Crippen LogP contribution in [0.15, 0.2) is 47.4 Å². The van der Waals surface area contributed by atoms with Gasteiger partial charge in [-0.05, 0) is 42.5 Å². The van der Waals surface area contributed by atoms with E-state index in [1.165, 1.54) is 29.6 Å². The summed E-state index contributed by atoms with van der Waals surface area (Å²) in [6, 6.07) is 10.8. The summed E-state index contributed by atoms with van der Waals surface area (Å²) in [5.74, 6) is -0.535. The third kappa shape index (κ3) is 5.08. The van der Waals surface area contributed by atoms with E-state index in [0.29, 0.717) is 25.1 Å². The van der Waals surface area contributed by atoms with Gasteiger partial charge in [0.15, 0.2) is 0 Å². The number of piperidine rings is 1. The lowest BCUT2D eigenvalue weighted by Gasteiger charge is -2.31. The molecule has 0 aliphatic carbocycles. The highest BCUT2D eigenvalue weighted by atomic mass is 32.2. The average Bonchev–Trinajstić information content (AvgIpc) is 2.78. The molecule has 1 aliphatic rings. The van der Waals surface area contributed by atoms with E-state index in [1.807, 2.05) is 19.9 Å². The van der Waals surface area contributed by atoms with Gasteiger partial charge in [0.25, 0.3) is 5.69 Å². The van der Waals surface area contributed by atoms with Crippen LogP contribution in [0.25, 0.3) is 0 Å². The standard InChI is InChI=1S/C22H27N3O6S/c1-15(2)16-9-10-20(31-3)21(12-16)32(29,30)24-11-5-6-17(14-24)22(26)23-18-7-4-8-19(13-18)25(27)28/h4,7-10,12-13,15,17H,5-6,11,14H2,1-3H3,(H,23,26)/t17-/m0/s1. The molecule has 3 rings (SSSR count). The molecule has 0 unspecified atom stereocenters. The molecular formula is C22H27N3O6S. The molecule has 1 atom stereocenters. The van der Waals surface area contributed by atoms with Gasteiger partial charge in [0, 0.05) is 30.9 Å². The van der Waals surface area contributed by atoms with Gasteiger partial charge in [-0.3, -0.25) is 14.9 Å². The number of amides is 1. The minimum Gasteiger partial charge on any atom is -0.495 e. The number of anilines is 1. The van der Waals surface area contributed by atoms with Crippen molar-refractivity contribution in [2.45, 2.75) is 37.5 Å². The Hall–Kier alpha value is -2.98. The summed E-state index contributed by atoms with van der Waals surface area (Å²) in [5, 5.41) is 13.6. The zero-order valence-electron chi connectivity index (χ0n) is 18.3. The van der Waals surface area contributed by atoms with E-state index in [2.05, 4.69) is 5.32 Å². The number of hydrogen-bond acceptors (Lipinski definition) is 6. The number of methoxy groups -OCH3 is 1. The second-order valence-electron chi connectivity index (χ2n) is 8.06. The number of rotatable bonds is 7. The maximum atomic E-state index is 13.4. The van der Waals surface area contributed by atoms with Crippen molar-refractivity contribution >= 4 is 27.3 Å². The van der Waals surface area contributed by atoms with E-state index in [4.69, 9.17) is 4.74 Å². The number of carbonyl (C=O) groups is 1. The van der Waals surface area contributed by atoms with Crippen molar-refractivity contribution in [3.8, 4) is 5.75 Å². The normalized spacial score (nSPS) is 17.2. The zero-order valence-corrected chi connectivity index (χ0v) is 19.1. The maximum Gasteiger partial charge on any atom is 0.271 e. The Balaban J connectivity index is 1.81. The van der Waals surface area contributed by atoms with Gasteiger partial charge in [0.1, 0.15) is 10.6 Å². The molecule has 9 nitrogen and oxygen atoms in total. The molecular weight excluding hydrogens is 434 g/mol. The Labute approximate surface area is 187 Å². The van der Waals surface area contributed by atoms with Crippen molar-refractivity contribution in [2.75, 3.05) is 25.5 Å². The number of hydrogen-bond donors (Lipinski definition) is 1. The summed E-state index contributed by atoms with van der Waals surface area (Å²) in [5.41, 5.74) is 1.05. The molecule has 1 amide bonds. The van der Waals surface area contributed by atoms with Gasteiger partial charge in [0.2, 0.25) is 15.9 Å². The SMILES string of the molecule is COc1ccc(C(C)C)cc1S(=O)(=O)N1CCC[C@H](C(=O)Nc2cccc([N+](=O)[O-])c2)C1. The smallest absolute Gasteiger partial charge is 0.271 e. The van der Waals surface area contributed by atoms with Gasteiger partial charge in [-0.1, -0.05) is 26.0 Å². The molecule has 0 aromatic heterocycles. The zero-order chi connectivity index (χ0) is 23.5. The molecule has 1 heterocycles. The minimum atomic E-state index is -3.88. The largest absolute Gasteiger partial charge is 0.495 e. The van der Waals surface area contributed by atoms with Crippen LogP contribution in [0.5, 0.6) is 5.75 Å². The molecule has 2 aromatic rings. The maximum absolute atomic E-state index is 13.4. The number of sulfonamides is 1. The van der Waals surface area contributed by atoms with E-state index in [-0.39, 0.29) is 34.7 Å². The summed E-state index contributed by atoms with van der Waals surface area (Å²) in [7, 11) is -2.45. The lowest BCUT2D eigenvalue weighted by Crippen LogP contribution is -2.43. The van der Waals surface area contributed by atoms with Crippen LogP contribution >= 0.6 is 0 Å². The number of nitro groups is 1. The molecule has 10 heteroatoms. The van der Waals surface area contributed by atoms with Crippen molar-refractivity contribution in [1.29, 1.82) is 0 Å². The van der Waals surface area contributed by atoms with Crippen molar-refractivity contribution in [3.63, 3.8) is 0 Å². The average molecular weight is 462 g/mol. The van der Waals surface area contributed by atoms with Crippen LogP contribution in [0.2, 0.25) is 0 Å². The first-order valence-corrected chi connectivity index (χ1v) is 11.8. The summed E-state index contributed by atoms with van der Waals surface area (Å²) in [6.07, 6.45) is 1.05. The molecule has 1 saturated heterocycles. The highest BCUT2D eigenvalue weighted by Crippen LogP contribution is 2.32. The third-order valence-corrected chi connectivity index (χ3v) is 7.44. The lowest BCUT2D eigenvalue weighted by molar-refractivity contribution is -0.384. The van der Waals surface area contributed by atoms with Crippen LogP contribution in [-0.4, -0.2) is 43.8 Å². The van der Waals surface area contributed by atoms with Crippen LogP contribution in [0.3, 0.4) is 0 Å². The van der Waals surface area contributed by atoms with Crippen LogP contribution in [0, 0.1) is 16.0 Å². The number of nitro benzene ring substituents is 1. The molecule has 1 N–H and O–H groups in total. The monoisotopic (exact) mass is 461 g/mol. The molecule has 0 radical (unpaired) electrons. The summed E-state index contributed by atoms with van der Waals surface area (Å²) in [4.78, 5) is 23.3. The van der Waals surface area contributed by atoms with Crippen LogP contribution in [0.4, 0.5) is 11.4 Å². The number of nitrogens with one attached hydrogen (secondary N) is 1. The van der Waals surface area contributed by atoms with E-state index in [1.54, 1.807) is 18.2 Å². The topological polar surface area (TPSA) is 119 Å². The first-order valence-electron chi connectivity index (χ1n) is 10.4. The summed E-state index contributed by atoms with van der Waals surface area (Å²) in [6.45, 7) is 4.29. The fourth-order valence-corrected chi connectivity index (χ4v) is 5.42. The number of benzene rings is 2. The predicted molar refractivity (Wildman–Crippen MR) is 120 cm³/mol. The molecule has 0 bridgehead atoms. The van der Waals surface area contributed by atoms with Gasteiger partial charge < -0.3 is 10.1 Å². The van der Waals surface area contributed by atoms with Gasteiger partial charge in [-0.25, -0.2) is 8.42 Å². The molecule has 172 valence electrons. The number of non-ortho nitro benzene ring substituents is 1. The van der Waals surface area contributed by atoms with Gasteiger partial charge >= 0.3 is 0 Å². The van der Waals surface area contributed by atoms with Crippen molar-refractivity contribution < 1.29 is 22.9 Å².